The number of piperidine rings is 1. The highest BCUT2D eigenvalue weighted by Crippen LogP contribution is 2.44. The van der Waals surface area contributed by atoms with E-state index in [0.717, 1.165) is 21.5 Å². The third-order valence-corrected chi connectivity index (χ3v) is 8.45. The average Bonchev–Trinajstić information content (AvgIpc) is 3.28. The van der Waals surface area contributed by atoms with E-state index in [1.165, 1.54) is 7.98 Å². The van der Waals surface area contributed by atoms with Gasteiger partial charge in [-0.2, -0.15) is 0 Å². The molecule has 3 aliphatic rings. The number of imide groups is 1. The van der Waals surface area contributed by atoms with Crippen molar-refractivity contribution < 1.29 is 28.7 Å². The number of hydrogen-bond donors (Lipinski definition) is 0. The Morgan fingerprint density at radius 2 is 1.74 bits per heavy atom. The molecule has 9 nitrogen and oxygen atoms in total. The molecule has 0 aliphatic carbocycles. The molecule has 4 amide bonds. The zero-order valence-corrected chi connectivity index (χ0v) is 22.2. The first-order valence-corrected chi connectivity index (χ1v) is 12.9. The Morgan fingerprint density at radius 3 is 2.45 bits per heavy atom. The molecule has 2 fully saturated rings. The van der Waals surface area contributed by atoms with Gasteiger partial charge in [0.1, 0.15) is 42.5 Å². The minimum atomic E-state index is -1.15. The van der Waals surface area contributed by atoms with E-state index in [-0.39, 0.29) is 48.4 Å². The van der Waals surface area contributed by atoms with Crippen LogP contribution in [-0.2, 0) is 38.8 Å². The highest BCUT2D eigenvalue weighted by atomic mass is 16.5. The van der Waals surface area contributed by atoms with E-state index in [9.17, 15) is 19.2 Å². The maximum atomic E-state index is 13.5. The van der Waals surface area contributed by atoms with Crippen molar-refractivity contribution in [3.05, 3.63) is 64.7 Å². The van der Waals surface area contributed by atoms with Gasteiger partial charge >= 0.3 is 0 Å². The molecule has 13 heteroatoms. The number of rotatable bonds is 6. The molecule has 3 unspecified atom stereocenters. The summed E-state index contributed by atoms with van der Waals surface area (Å²) in [6, 6.07) is 13.3. The molecule has 3 atom stereocenters. The summed E-state index contributed by atoms with van der Waals surface area (Å²) in [5.41, 5.74) is 2.10. The summed E-state index contributed by atoms with van der Waals surface area (Å²) in [6.07, 6.45) is 0. The molecular weight excluding hydrogens is 482 g/mol. The van der Waals surface area contributed by atoms with Crippen molar-refractivity contribution in [2.45, 2.75) is 36.8 Å². The summed E-state index contributed by atoms with van der Waals surface area (Å²) in [6.45, 7) is 2.36. The van der Waals surface area contributed by atoms with Gasteiger partial charge < -0.3 is 24.1 Å². The maximum Gasteiger partial charge on any atom is 0.254 e. The molecule has 2 saturated heterocycles. The fourth-order valence-electron chi connectivity index (χ4n) is 5.66. The number of nitrogens with zero attached hydrogens (tertiary/aromatic N) is 3. The second-order valence-corrected chi connectivity index (χ2v) is 10.6. The minimum Gasteiger partial charge on any atom is -0.489 e. The Labute approximate surface area is 225 Å². The zero-order valence-electron chi connectivity index (χ0n) is 22.2. The van der Waals surface area contributed by atoms with Gasteiger partial charge in [-0.3, -0.25) is 19.2 Å². The van der Waals surface area contributed by atoms with Crippen LogP contribution >= 0.6 is 0 Å². The standard InChI is InChI=1S/C25H29B4N3O6/c26-20-21(27)25(28,24(36)32(29)23(20)35)31-11-17-16(22(31)34)2-1-3-18(17)38-12-15-6-4-14(5-7-15)10-30-8-9-37-13-19(30)33/h1-7,20-21H,8-13,26-29H2. The van der Waals surface area contributed by atoms with Crippen molar-refractivity contribution in [3.8, 4) is 5.75 Å². The molecule has 2 aromatic carbocycles. The van der Waals surface area contributed by atoms with Crippen LogP contribution in [0.25, 0.3) is 0 Å². The molecule has 0 aromatic heterocycles. The Morgan fingerprint density at radius 1 is 1.03 bits per heavy atom. The van der Waals surface area contributed by atoms with Crippen LogP contribution in [0.15, 0.2) is 42.5 Å². The molecule has 0 bridgehead atoms. The number of hydrogen-bond acceptors (Lipinski definition) is 6. The first-order valence-electron chi connectivity index (χ1n) is 12.9. The number of carbonyl (C=O) groups is 4. The maximum absolute atomic E-state index is 13.5. The largest absolute Gasteiger partial charge is 0.489 e. The van der Waals surface area contributed by atoms with E-state index in [1.807, 2.05) is 38.2 Å². The van der Waals surface area contributed by atoms with E-state index >= 15 is 0 Å². The van der Waals surface area contributed by atoms with Crippen molar-refractivity contribution in [1.82, 2.24) is 14.6 Å². The lowest BCUT2D eigenvalue weighted by Crippen LogP contribution is -2.68. The topological polar surface area (TPSA) is 96.5 Å². The van der Waals surface area contributed by atoms with Gasteiger partial charge in [0.05, 0.1) is 18.6 Å². The SMILES string of the molecule is BC1C(=O)N(B)C(=O)C(B)(N2Cc3c(OCc4ccc(CN5CCOCC5=O)cc4)cccc3C2=O)C1B. The predicted octanol–water partition coefficient (Wildman–Crippen LogP) is -2.33. The van der Waals surface area contributed by atoms with Crippen LogP contribution < -0.4 is 4.74 Å². The second kappa shape index (κ2) is 10.0. The summed E-state index contributed by atoms with van der Waals surface area (Å²) in [4.78, 5) is 55.9. The lowest BCUT2D eigenvalue weighted by Gasteiger charge is -2.50. The van der Waals surface area contributed by atoms with Crippen LogP contribution in [0.5, 0.6) is 5.75 Å². The number of benzene rings is 2. The average molecular weight is 511 g/mol. The summed E-state index contributed by atoms with van der Waals surface area (Å²) >= 11 is 0. The number of carbonyl (C=O) groups excluding carboxylic acids is 4. The fraction of sp³-hybridized carbons (Fsp3) is 0.360. The summed E-state index contributed by atoms with van der Waals surface area (Å²) in [7, 11) is 6.91. The molecule has 3 aliphatic heterocycles. The lowest BCUT2D eigenvalue weighted by molar-refractivity contribution is -0.147. The van der Waals surface area contributed by atoms with E-state index in [4.69, 9.17) is 9.47 Å². The molecular formula is C25H29B4N3O6. The molecule has 5 rings (SSSR count). The van der Waals surface area contributed by atoms with Crippen LogP contribution in [0, 0.1) is 0 Å². The van der Waals surface area contributed by atoms with Gasteiger partial charge in [-0.25, -0.2) is 0 Å². The van der Waals surface area contributed by atoms with E-state index in [0.29, 0.717) is 37.6 Å². The molecule has 0 saturated carbocycles. The quantitative estimate of drug-likeness (QED) is 0.320. The monoisotopic (exact) mass is 511 g/mol. The van der Waals surface area contributed by atoms with Crippen LogP contribution in [0.4, 0.5) is 0 Å². The van der Waals surface area contributed by atoms with Gasteiger partial charge in [-0.05, 0) is 29.1 Å². The third-order valence-electron chi connectivity index (χ3n) is 8.45. The molecule has 0 spiro atoms. The van der Waals surface area contributed by atoms with E-state index < -0.39 is 5.44 Å². The third kappa shape index (κ3) is 4.32. The van der Waals surface area contributed by atoms with Crippen LogP contribution in [-0.4, -0.2) is 95.0 Å². The van der Waals surface area contributed by atoms with Gasteiger partial charge in [0, 0.05) is 30.0 Å². The Hall–Kier alpha value is -3.46. The van der Waals surface area contributed by atoms with E-state index in [2.05, 4.69) is 0 Å². The van der Waals surface area contributed by atoms with Gasteiger partial charge in [-0.1, -0.05) is 30.3 Å². The molecule has 2 aromatic rings. The summed E-state index contributed by atoms with van der Waals surface area (Å²) in [5.74, 6) is -0.960. The Bertz CT molecular complexity index is 1310. The van der Waals surface area contributed by atoms with Crippen molar-refractivity contribution in [2.24, 2.45) is 0 Å². The summed E-state index contributed by atoms with van der Waals surface area (Å²) < 4.78 is 11.3. The number of morpholine rings is 1. The molecule has 38 heavy (non-hydrogen) atoms. The normalized spacial score (nSPS) is 25.6. The predicted molar refractivity (Wildman–Crippen MR) is 150 cm³/mol. The number of ether oxygens (including phenoxy) is 2. The highest BCUT2D eigenvalue weighted by Gasteiger charge is 2.56. The molecule has 0 N–H and O–H groups in total. The zero-order chi connectivity index (χ0) is 27.2. The molecule has 0 radical (unpaired) electrons. The van der Waals surface area contributed by atoms with Gasteiger partial charge in [0.25, 0.3) is 5.91 Å². The molecule has 3 heterocycles. The first-order chi connectivity index (χ1) is 18.1. The van der Waals surface area contributed by atoms with Gasteiger partial charge in [0.15, 0.2) is 0 Å². The number of fused-ring (bicyclic) bond motifs is 1. The van der Waals surface area contributed by atoms with Gasteiger partial charge in [-0.15, -0.1) is 0 Å². The summed E-state index contributed by atoms with van der Waals surface area (Å²) in [5, 5.41) is 0. The van der Waals surface area contributed by atoms with Crippen molar-refractivity contribution in [3.63, 3.8) is 0 Å². The second-order valence-electron chi connectivity index (χ2n) is 10.6. The van der Waals surface area contributed by atoms with Crippen LogP contribution in [0.3, 0.4) is 0 Å². The molecule has 192 valence electrons. The van der Waals surface area contributed by atoms with E-state index in [1.54, 1.807) is 37.6 Å². The lowest BCUT2D eigenvalue weighted by atomic mass is 9.48. The Kier molecular flexibility index (Phi) is 6.90. The van der Waals surface area contributed by atoms with Gasteiger partial charge in [0.2, 0.25) is 25.7 Å². The van der Waals surface area contributed by atoms with Crippen LogP contribution in [0.2, 0.25) is 11.6 Å². The minimum absolute atomic E-state index is 0.00364. The highest BCUT2D eigenvalue weighted by molar-refractivity contribution is 6.47. The van der Waals surface area contributed by atoms with Crippen molar-refractivity contribution in [1.29, 1.82) is 0 Å². The van der Waals surface area contributed by atoms with Crippen molar-refractivity contribution >= 4 is 55.1 Å². The smallest absolute Gasteiger partial charge is 0.254 e. The first kappa shape index (κ1) is 26.2. The fourth-order valence-corrected chi connectivity index (χ4v) is 5.66. The van der Waals surface area contributed by atoms with Crippen molar-refractivity contribution in [2.75, 3.05) is 19.8 Å². The Balaban J connectivity index is 1.30. The number of amides is 4. The van der Waals surface area contributed by atoms with Crippen LogP contribution in [0.1, 0.15) is 27.0 Å².